The van der Waals surface area contributed by atoms with Gasteiger partial charge in [-0.3, -0.25) is 9.89 Å². The fourth-order valence-corrected chi connectivity index (χ4v) is 3.01. The monoisotopic (exact) mass is 458 g/mol. The summed E-state index contributed by atoms with van der Waals surface area (Å²) in [6.07, 6.45) is 2.44. The zero-order valence-electron chi connectivity index (χ0n) is 15.5. The molecule has 0 aliphatic carbocycles. The van der Waals surface area contributed by atoms with E-state index in [1.807, 2.05) is 6.08 Å². The molecule has 5 nitrogen and oxygen atoms in total. The van der Waals surface area contributed by atoms with E-state index in [-0.39, 0.29) is 24.0 Å². The van der Waals surface area contributed by atoms with Crippen LogP contribution in [-0.4, -0.2) is 49.7 Å². The van der Waals surface area contributed by atoms with E-state index < -0.39 is 0 Å². The Morgan fingerprint density at radius 3 is 2.36 bits per heavy atom. The van der Waals surface area contributed by atoms with Gasteiger partial charge in [0.1, 0.15) is 0 Å². The smallest absolute Gasteiger partial charge is 0.191 e. The van der Waals surface area contributed by atoms with Crippen molar-refractivity contribution in [2.45, 2.75) is 39.1 Å². The molecular weight excluding hydrogens is 427 g/mol. The van der Waals surface area contributed by atoms with Crippen molar-refractivity contribution in [3.8, 4) is 0 Å². The minimum absolute atomic E-state index is 0. The van der Waals surface area contributed by atoms with Crippen LogP contribution in [0.1, 0.15) is 25.0 Å². The fraction of sp³-hybridized carbons (Fsp3) is 0.526. The van der Waals surface area contributed by atoms with E-state index in [2.05, 4.69) is 65.2 Å². The second-order valence-corrected chi connectivity index (χ2v) is 6.36. The highest BCUT2D eigenvalue weighted by atomic mass is 127. The Labute approximate surface area is 168 Å². The van der Waals surface area contributed by atoms with E-state index >= 15 is 0 Å². The minimum Gasteiger partial charge on any atom is -0.373 e. The van der Waals surface area contributed by atoms with Crippen molar-refractivity contribution < 1.29 is 4.74 Å². The van der Waals surface area contributed by atoms with Gasteiger partial charge in [0.25, 0.3) is 0 Å². The average molecular weight is 458 g/mol. The summed E-state index contributed by atoms with van der Waals surface area (Å²) in [5, 5.41) is 6.46. The number of aliphatic imine (C=N–C) groups is 1. The van der Waals surface area contributed by atoms with Gasteiger partial charge in [-0.15, -0.1) is 30.6 Å². The molecule has 2 unspecified atom stereocenters. The van der Waals surface area contributed by atoms with Crippen molar-refractivity contribution >= 4 is 29.9 Å². The van der Waals surface area contributed by atoms with Crippen molar-refractivity contribution in [2.75, 3.05) is 26.7 Å². The maximum Gasteiger partial charge on any atom is 0.191 e. The van der Waals surface area contributed by atoms with Crippen LogP contribution < -0.4 is 10.6 Å². The summed E-state index contributed by atoms with van der Waals surface area (Å²) in [5.74, 6) is 0.787. The molecular formula is C19H31IN4O. The first-order valence-electron chi connectivity index (χ1n) is 8.61. The Balaban J connectivity index is 0.00000312. The second-order valence-electron chi connectivity index (χ2n) is 6.36. The highest BCUT2D eigenvalue weighted by Crippen LogP contribution is 2.14. The number of rotatable bonds is 6. The molecule has 1 aliphatic rings. The lowest BCUT2D eigenvalue weighted by molar-refractivity contribution is -0.0704. The van der Waals surface area contributed by atoms with Gasteiger partial charge in [0.2, 0.25) is 0 Å². The molecule has 2 N–H and O–H groups in total. The predicted octanol–water partition coefficient (Wildman–Crippen LogP) is 2.76. The third-order valence-corrected chi connectivity index (χ3v) is 4.02. The van der Waals surface area contributed by atoms with Crippen LogP contribution in [0, 0.1) is 0 Å². The topological polar surface area (TPSA) is 48.9 Å². The number of hydrogen-bond acceptors (Lipinski definition) is 3. The van der Waals surface area contributed by atoms with E-state index in [0.29, 0.717) is 18.8 Å². The van der Waals surface area contributed by atoms with Gasteiger partial charge in [-0.25, -0.2) is 0 Å². The number of halogens is 1. The molecule has 0 radical (unpaired) electrons. The van der Waals surface area contributed by atoms with Crippen LogP contribution in [0.5, 0.6) is 0 Å². The van der Waals surface area contributed by atoms with Gasteiger partial charge < -0.3 is 15.4 Å². The molecule has 25 heavy (non-hydrogen) atoms. The van der Waals surface area contributed by atoms with Crippen LogP contribution in [0.25, 0.3) is 0 Å². The molecule has 1 saturated heterocycles. The Hall–Kier alpha value is -1.12. The number of morpholine rings is 1. The van der Waals surface area contributed by atoms with E-state index in [4.69, 9.17) is 4.74 Å². The molecule has 0 amide bonds. The third kappa shape index (κ3) is 7.75. The first-order valence-corrected chi connectivity index (χ1v) is 8.61. The molecule has 1 aromatic carbocycles. The first kappa shape index (κ1) is 21.9. The largest absolute Gasteiger partial charge is 0.373 e. The van der Waals surface area contributed by atoms with Gasteiger partial charge in [0.05, 0.1) is 12.2 Å². The summed E-state index contributed by atoms with van der Waals surface area (Å²) >= 11 is 0. The average Bonchev–Trinajstić information content (AvgIpc) is 2.55. The van der Waals surface area contributed by atoms with E-state index in [1.54, 1.807) is 7.05 Å². The van der Waals surface area contributed by atoms with Gasteiger partial charge in [0, 0.05) is 39.8 Å². The summed E-state index contributed by atoms with van der Waals surface area (Å²) in [6, 6.07) is 8.77. The standard InChI is InChI=1S/C19H30N4O.HI/c1-5-10-21-19(20-4)22-11-17-6-8-18(9-7-17)14-23-12-15(2)24-16(3)13-23;/h5-9,15-16H,1,10-14H2,2-4H3,(H2,20,21,22);1H. The summed E-state index contributed by atoms with van der Waals surface area (Å²) in [5.41, 5.74) is 2.58. The number of nitrogens with one attached hydrogen (secondary N) is 2. The Kier molecular flexibility index (Phi) is 10.1. The Morgan fingerprint density at radius 2 is 1.80 bits per heavy atom. The molecule has 1 fully saturated rings. The first-order chi connectivity index (χ1) is 11.6. The molecule has 140 valence electrons. The lowest BCUT2D eigenvalue weighted by Crippen LogP contribution is -2.44. The van der Waals surface area contributed by atoms with Crippen LogP contribution in [0.4, 0.5) is 0 Å². The van der Waals surface area contributed by atoms with Crippen molar-refractivity contribution in [2.24, 2.45) is 4.99 Å². The molecule has 6 heteroatoms. The summed E-state index contributed by atoms with van der Waals surface area (Å²) in [4.78, 5) is 6.64. The number of guanidine groups is 1. The summed E-state index contributed by atoms with van der Waals surface area (Å²) in [6.45, 7) is 12.4. The van der Waals surface area contributed by atoms with E-state index in [1.165, 1.54) is 11.1 Å². The number of nitrogens with zero attached hydrogens (tertiary/aromatic N) is 2. The van der Waals surface area contributed by atoms with Gasteiger partial charge >= 0.3 is 0 Å². The fourth-order valence-electron chi connectivity index (χ4n) is 3.01. The summed E-state index contributed by atoms with van der Waals surface area (Å²) in [7, 11) is 1.77. The van der Waals surface area contributed by atoms with Gasteiger partial charge in [-0.05, 0) is 25.0 Å². The van der Waals surface area contributed by atoms with Crippen molar-refractivity contribution in [1.29, 1.82) is 0 Å². The number of benzene rings is 1. The second kappa shape index (κ2) is 11.5. The molecule has 0 saturated carbocycles. The molecule has 0 aromatic heterocycles. The third-order valence-electron chi connectivity index (χ3n) is 4.02. The van der Waals surface area contributed by atoms with Crippen LogP contribution in [0.3, 0.4) is 0 Å². The molecule has 0 bridgehead atoms. The van der Waals surface area contributed by atoms with Gasteiger partial charge in [0.15, 0.2) is 5.96 Å². The molecule has 1 aromatic rings. The van der Waals surface area contributed by atoms with E-state index in [9.17, 15) is 0 Å². The molecule has 2 atom stereocenters. The van der Waals surface area contributed by atoms with Crippen LogP contribution in [0.2, 0.25) is 0 Å². The van der Waals surface area contributed by atoms with Gasteiger partial charge in [-0.2, -0.15) is 0 Å². The quantitative estimate of drug-likeness (QED) is 0.298. The lowest BCUT2D eigenvalue weighted by atomic mass is 10.1. The molecule has 1 aliphatic heterocycles. The zero-order chi connectivity index (χ0) is 17.4. The normalized spacial score (nSPS) is 21.3. The van der Waals surface area contributed by atoms with Crippen molar-refractivity contribution in [1.82, 2.24) is 15.5 Å². The molecule has 1 heterocycles. The Morgan fingerprint density at radius 1 is 1.20 bits per heavy atom. The highest BCUT2D eigenvalue weighted by Gasteiger charge is 2.21. The SMILES string of the molecule is C=CCNC(=NC)NCc1ccc(CN2CC(C)OC(C)C2)cc1.I. The van der Waals surface area contributed by atoms with Crippen LogP contribution >= 0.6 is 24.0 Å². The number of hydrogen-bond donors (Lipinski definition) is 2. The molecule has 0 spiro atoms. The molecule has 2 rings (SSSR count). The van der Waals surface area contributed by atoms with Crippen LogP contribution in [-0.2, 0) is 17.8 Å². The van der Waals surface area contributed by atoms with Gasteiger partial charge in [-0.1, -0.05) is 30.3 Å². The number of ether oxygens (including phenoxy) is 1. The Bertz CT molecular complexity index is 537. The maximum absolute atomic E-state index is 5.79. The minimum atomic E-state index is 0. The highest BCUT2D eigenvalue weighted by molar-refractivity contribution is 14.0. The summed E-state index contributed by atoms with van der Waals surface area (Å²) < 4.78 is 5.79. The van der Waals surface area contributed by atoms with Crippen LogP contribution in [0.15, 0.2) is 41.9 Å². The zero-order valence-corrected chi connectivity index (χ0v) is 17.8. The van der Waals surface area contributed by atoms with Crippen molar-refractivity contribution in [3.05, 3.63) is 48.0 Å². The maximum atomic E-state index is 5.79. The van der Waals surface area contributed by atoms with E-state index in [0.717, 1.165) is 32.1 Å². The van der Waals surface area contributed by atoms with Crippen molar-refractivity contribution in [3.63, 3.8) is 0 Å². The predicted molar refractivity (Wildman–Crippen MR) is 116 cm³/mol. The lowest BCUT2D eigenvalue weighted by Gasteiger charge is -2.35.